The summed E-state index contributed by atoms with van der Waals surface area (Å²) in [5.41, 5.74) is 1.29. The van der Waals surface area contributed by atoms with Crippen LogP contribution in [0, 0.1) is 0 Å². The molecule has 2 amide bonds. The van der Waals surface area contributed by atoms with Gasteiger partial charge >= 0.3 is 0 Å². The quantitative estimate of drug-likeness (QED) is 0.239. The van der Waals surface area contributed by atoms with Crippen LogP contribution in [-0.4, -0.2) is 55.4 Å². The summed E-state index contributed by atoms with van der Waals surface area (Å²) in [7, 11) is 0. The highest BCUT2D eigenvalue weighted by atomic mass is 32.1. The van der Waals surface area contributed by atoms with Crippen molar-refractivity contribution in [2.24, 2.45) is 0 Å². The maximum Gasteiger partial charge on any atom is 0.243 e. The average molecular weight is 551 g/mol. The van der Waals surface area contributed by atoms with Crippen LogP contribution in [0.15, 0.2) is 48.5 Å². The Kier molecular flexibility index (Phi) is 11.3. The van der Waals surface area contributed by atoms with Gasteiger partial charge in [-0.3, -0.25) is 9.59 Å². The molecule has 2 aromatic rings. The molecule has 0 bridgehead atoms. The van der Waals surface area contributed by atoms with Gasteiger partial charge in [0.05, 0.1) is 13.1 Å². The monoisotopic (exact) mass is 550 g/mol. The summed E-state index contributed by atoms with van der Waals surface area (Å²) >= 11 is 18.5. The van der Waals surface area contributed by atoms with Gasteiger partial charge in [0.25, 0.3) is 0 Å². The first-order valence-electron chi connectivity index (χ1n) is 10.9. The molecule has 0 aliphatic carbocycles. The molecule has 0 spiro atoms. The maximum atomic E-state index is 12.3. The lowest BCUT2D eigenvalue weighted by molar-refractivity contribution is -0.117. The number of carbonyl (C=O) groups is 2. The zero-order valence-electron chi connectivity index (χ0n) is 20.0. The third-order valence-corrected chi connectivity index (χ3v) is 5.86. The Morgan fingerprint density at radius 1 is 0.743 bits per heavy atom. The van der Waals surface area contributed by atoms with Gasteiger partial charge in [-0.2, -0.15) is 0 Å². The summed E-state index contributed by atoms with van der Waals surface area (Å²) in [5.74, 6) is 0.841. The van der Waals surface area contributed by atoms with Crippen LogP contribution in [0.1, 0.15) is 27.7 Å². The lowest BCUT2D eigenvalue weighted by Crippen LogP contribution is -2.39. The van der Waals surface area contributed by atoms with Crippen molar-refractivity contribution in [1.29, 1.82) is 0 Å². The number of amides is 2. The molecule has 35 heavy (non-hydrogen) atoms. The van der Waals surface area contributed by atoms with Gasteiger partial charge in [-0.05, 0) is 76.2 Å². The summed E-state index contributed by atoms with van der Waals surface area (Å²) < 4.78 is 6.61. The van der Waals surface area contributed by atoms with Crippen LogP contribution in [0.2, 0.25) is 0 Å². The first-order chi connectivity index (χ1) is 16.5. The Balaban J connectivity index is 1.90. The van der Waals surface area contributed by atoms with Crippen LogP contribution in [0.3, 0.4) is 0 Å². The van der Waals surface area contributed by atoms with E-state index in [1.807, 2.05) is 27.7 Å². The molecule has 0 unspecified atom stereocenters. The molecular weight excluding hydrogens is 521 g/mol. The van der Waals surface area contributed by atoms with Crippen molar-refractivity contribution in [3.05, 3.63) is 48.5 Å². The van der Waals surface area contributed by atoms with E-state index in [0.717, 1.165) is 0 Å². The fourth-order valence-electron chi connectivity index (χ4n) is 3.00. The first kappa shape index (κ1) is 28.9. The highest BCUT2D eigenvalue weighted by molar-refractivity contribution is 8.11. The molecule has 0 saturated carbocycles. The lowest BCUT2D eigenvalue weighted by atomic mass is 10.2. The second-order valence-electron chi connectivity index (χ2n) is 8.26. The summed E-state index contributed by atoms with van der Waals surface area (Å²) in [4.78, 5) is 28.1. The van der Waals surface area contributed by atoms with E-state index in [0.29, 0.717) is 31.5 Å². The van der Waals surface area contributed by atoms with Crippen LogP contribution >= 0.6 is 49.7 Å². The molecule has 7 nitrogen and oxygen atoms in total. The number of ether oxygens (including phenoxy) is 1. The van der Waals surface area contributed by atoms with Crippen molar-refractivity contribution >= 4 is 81.5 Å². The minimum atomic E-state index is -0.186. The van der Waals surface area contributed by atoms with E-state index in [2.05, 4.69) is 35.9 Å². The number of nitrogens with zero attached hydrogens (tertiary/aromatic N) is 2. The largest absolute Gasteiger partial charge is 0.457 e. The number of nitrogens with one attached hydrogen (secondary N) is 2. The number of thiol groups is 2. The normalized spacial score (nSPS) is 10.6. The standard InChI is InChI=1S/C24H30N4O3S4/c1-15(2)27(23(32)33)13-21(29)25-17-5-9-19(10-6-17)31-20-11-7-18(8-12-20)26-22(30)14-28(16(3)4)24(34)35/h5-12,15-16H,13-14H2,1-4H3,(H,25,29)(H,26,30)(H,32,33)(H,34,35). The molecule has 0 atom stereocenters. The molecule has 0 aliphatic heterocycles. The summed E-state index contributed by atoms with van der Waals surface area (Å²) in [5, 5.41) is 5.68. The van der Waals surface area contributed by atoms with Crippen molar-refractivity contribution in [3.8, 4) is 11.5 Å². The molecule has 0 aromatic heterocycles. The topological polar surface area (TPSA) is 73.9 Å². The Labute approximate surface area is 228 Å². The van der Waals surface area contributed by atoms with Crippen LogP contribution < -0.4 is 15.4 Å². The number of carbonyl (C=O) groups excluding carboxylic acids is 2. The van der Waals surface area contributed by atoms with Gasteiger partial charge in [0.1, 0.15) is 20.1 Å². The second-order valence-corrected chi connectivity index (χ2v) is 10.5. The smallest absolute Gasteiger partial charge is 0.243 e. The number of anilines is 2. The minimum absolute atomic E-state index is 0.0715. The Hall–Kier alpha value is -2.34. The molecule has 0 fully saturated rings. The predicted octanol–water partition coefficient (Wildman–Crippen LogP) is 5.21. The van der Waals surface area contributed by atoms with Gasteiger partial charge in [0.15, 0.2) is 0 Å². The van der Waals surface area contributed by atoms with Gasteiger partial charge in [0, 0.05) is 23.5 Å². The van der Waals surface area contributed by atoms with E-state index >= 15 is 0 Å². The minimum Gasteiger partial charge on any atom is -0.457 e. The third kappa shape index (κ3) is 9.67. The van der Waals surface area contributed by atoms with E-state index in [1.165, 1.54) is 0 Å². The van der Waals surface area contributed by atoms with Gasteiger partial charge in [-0.15, -0.1) is 25.3 Å². The molecule has 0 heterocycles. The van der Waals surface area contributed by atoms with Crippen molar-refractivity contribution < 1.29 is 14.3 Å². The van der Waals surface area contributed by atoms with E-state index in [1.54, 1.807) is 58.3 Å². The van der Waals surface area contributed by atoms with Crippen molar-refractivity contribution in [3.63, 3.8) is 0 Å². The highest BCUT2D eigenvalue weighted by Crippen LogP contribution is 2.24. The second kappa shape index (κ2) is 13.7. The molecule has 11 heteroatoms. The molecule has 188 valence electrons. The van der Waals surface area contributed by atoms with Crippen LogP contribution in [0.4, 0.5) is 11.4 Å². The highest BCUT2D eigenvalue weighted by Gasteiger charge is 2.16. The van der Waals surface area contributed by atoms with E-state index < -0.39 is 0 Å². The molecule has 2 N–H and O–H groups in total. The van der Waals surface area contributed by atoms with Gasteiger partial charge in [-0.1, -0.05) is 24.4 Å². The number of hydrogen-bond acceptors (Lipinski definition) is 5. The average Bonchev–Trinajstić information content (AvgIpc) is 2.77. The Bertz CT molecular complexity index is 960. The maximum absolute atomic E-state index is 12.3. The third-order valence-electron chi connectivity index (χ3n) is 4.88. The predicted molar refractivity (Wildman–Crippen MR) is 157 cm³/mol. The SMILES string of the molecule is CC(C)N(CC(=O)Nc1ccc(Oc2ccc(NC(=O)CN(C(=S)S)C(C)C)cc2)cc1)C(=S)S. The number of rotatable bonds is 10. The zero-order chi connectivity index (χ0) is 26.1. The van der Waals surface area contributed by atoms with Gasteiger partial charge in [-0.25, -0.2) is 0 Å². The van der Waals surface area contributed by atoms with Crippen LogP contribution in [0.25, 0.3) is 0 Å². The van der Waals surface area contributed by atoms with Gasteiger partial charge in [0.2, 0.25) is 11.8 Å². The molecule has 0 radical (unpaired) electrons. The molecule has 0 aliphatic rings. The summed E-state index contributed by atoms with van der Waals surface area (Å²) in [6.45, 7) is 8.03. The fourth-order valence-corrected chi connectivity index (χ4v) is 4.16. The van der Waals surface area contributed by atoms with Crippen LogP contribution in [-0.2, 0) is 9.59 Å². The van der Waals surface area contributed by atoms with Gasteiger partial charge < -0.3 is 25.2 Å². The van der Waals surface area contributed by atoms with E-state index in [9.17, 15) is 9.59 Å². The molecular formula is C24H30N4O3S4. The molecule has 2 aromatic carbocycles. The Morgan fingerprint density at radius 2 is 1.06 bits per heavy atom. The Morgan fingerprint density at radius 3 is 1.31 bits per heavy atom. The van der Waals surface area contributed by atoms with Crippen molar-refractivity contribution in [2.45, 2.75) is 39.8 Å². The molecule has 2 rings (SSSR count). The number of thiocarbonyl (C=S) groups is 2. The van der Waals surface area contributed by atoms with Crippen LogP contribution in [0.5, 0.6) is 11.5 Å². The lowest BCUT2D eigenvalue weighted by Gasteiger charge is -2.26. The summed E-state index contributed by atoms with van der Waals surface area (Å²) in [6, 6.07) is 14.2. The molecule has 0 saturated heterocycles. The zero-order valence-corrected chi connectivity index (χ0v) is 23.4. The number of hydrogen-bond donors (Lipinski definition) is 4. The van der Waals surface area contributed by atoms with E-state index in [4.69, 9.17) is 29.2 Å². The first-order valence-corrected chi connectivity index (χ1v) is 12.6. The van der Waals surface area contributed by atoms with Crippen molar-refractivity contribution in [1.82, 2.24) is 9.80 Å². The van der Waals surface area contributed by atoms with E-state index in [-0.39, 0.29) is 37.0 Å². The van der Waals surface area contributed by atoms with Crippen molar-refractivity contribution in [2.75, 3.05) is 23.7 Å². The summed E-state index contributed by atoms with van der Waals surface area (Å²) in [6.07, 6.45) is 0. The number of benzene rings is 2. The fraction of sp³-hybridized carbons (Fsp3) is 0.333.